The van der Waals surface area contributed by atoms with Gasteiger partial charge in [-0.05, 0) is 43.0 Å². The molecule has 1 aliphatic rings. The quantitative estimate of drug-likeness (QED) is 0.274. The fourth-order valence-corrected chi connectivity index (χ4v) is 3.58. The molecular formula is C22H39IN4O3. The summed E-state index contributed by atoms with van der Waals surface area (Å²) in [5.74, 6) is 3.11. The number of morpholine rings is 1. The molecule has 1 aromatic rings. The number of nitrogens with one attached hydrogen (secondary N) is 2. The van der Waals surface area contributed by atoms with Gasteiger partial charge in [-0.2, -0.15) is 0 Å². The molecule has 1 saturated heterocycles. The van der Waals surface area contributed by atoms with Crippen molar-refractivity contribution in [3.05, 3.63) is 23.8 Å². The minimum atomic E-state index is 0. The number of methoxy groups -OCH3 is 2. The van der Waals surface area contributed by atoms with E-state index in [1.165, 1.54) is 0 Å². The van der Waals surface area contributed by atoms with E-state index in [1.807, 2.05) is 18.2 Å². The lowest BCUT2D eigenvalue weighted by Gasteiger charge is -2.36. The molecule has 0 spiro atoms. The molecule has 0 saturated carbocycles. The van der Waals surface area contributed by atoms with E-state index in [1.54, 1.807) is 14.2 Å². The third-order valence-corrected chi connectivity index (χ3v) is 5.24. The highest BCUT2D eigenvalue weighted by molar-refractivity contribution is 14.0. The van der Waals surface area contributed by atoms with Crippen molar-refractivity contribution in [1.29, 1.82) is 0 Å². The average Bonchev–Trinajstić information content (AvgIpc) is 2.74. The maximum Gasteiger partial charge on any atom is 0.191 e. The maximum absolute atomic E-state index is 5.50. The van der Waals surface area contributed by atoms with Crippen molar-refractivity contribution < 1.29 is 14.2 Å². The Bertz CT molecular complexity index is 637. The van der Waals surface area contributed by atoms with Gasteiger partial charge in [-0.3, -0.25) is 9.89 Å². The smallest absolute Gasteiger partial charge is 0.191 e. The molecule has 0 bridgehead atoms. The highest BCUT2D eigenvalue weighted by Crippen LogP contribution is 2.24. The van der Waals surface area contributed by atoms with E-state index in [9.17, 15) is 0 Å². The fraction of sp³-hybridized carbons (Fsp3) is 0.682. The molecule has 0 amide bonds. The Kier molecular flexibility index (Phi) is 13.1. The number of halogens is 1. The van der Waals surface area contributed by atoms with E-state index in [0.29, 0.717) is 12.0 Å². The van der Waals surface area contributed by atoms with Crippen LogP contribution in [0.25, 0.3) is 0 Å². The number of hydrogen-bond acceptors (Lipinski definition) is 5. The summed E-state index contributed by atoms with van der Waals surface area (Å²) in [6.07, 6.45) is 0.821. The number of rotatable bonds is 10. The van der Waals surface area contributed by atoms with Crippen molar-refractivity contribution in [2.24, 2.45) is 10.9 Å². The van der Waals surface area contributed by atoms with Crippen molar-refractivity contribution in [1.82, 2.24) is 15.5 Å². The highest BCUT2D eigenvalue weighted by Gasteiger charge is 2.23. The standard InChI is InChI=1S/C22H38N4O3.HI/c1-6-23-22(25-16-20(17(2)3)26-11-13-29-14-12-26)24-10-9-18-15-19(27-4)7-8-21(18)28-5;/h7-8,15,17,20H,6,9-14,16H2,1-5H3,(H2,23,24,25);1H. The van der Waals surface area contributed by atoms with Crippen LogP contribution < -0.4 is 20.1 Å². The normalized spacial score (nSPS) is 16.0. The van der Waals surface area contributed by atoms with Gasteiger partial charge >= 0.3 is 0 Å². The number of hydrogen-bond donors (Lipinski definition) is 2. The number of nitrogens with zero attached hydrogens (tertiary/aromatic N) is 2. The summed E-state index contributed by atoms with van der Waals surface area (Å²) in [6, 6.07) is 6.31. The zero-order chi connectivity index (χ0) is 21.1. The third kappa shape index (κ3) is 8.47. The van der Waals surface area contributed by atoms with Gasteiger partial charge in [0, 0.05) is 32.2 Å². The number of ether oxygens (including phenoxy) is 3. The molecule has 1 fully saturated rings. The van der Waals surface area contributed by atoms with Crippen LogP contribution >= 0.6 is 24.0 Å². The molecule has 7 nitrogen and oxygen atoms in total. The molecule has 1 aromatic carbocycles. The molecule has 1 heterocycles. The van der Waals surface area contributed by atoms with E-state index < -0.39 is 0 Å². The van der Waals surface area contributed by atoms with E-state index in [2.05, 4.69) is 36.3 Å². The topological polar surface area (TPSA) is 67.4 Å². The molecule has 8 heteroatoms. The first-order chi connectivity index (χ1) is 14.1. The first kappa shape index (κ1) is 26.8. The predicted molar refractivity (Wildman–Crippen MR) is 134 cm³/mol. The lowest BCUT2D eigenvalue weighted by Crippen LogP contribution is -2.48. The lowest BCUT2D eigenvalue weighted by molar-refractivity contribution is 0.00867. The summed E-state index contributed by atoms with van der Waals surface area (Å²) >= 11 is 0. The second kappa shape index (κ2) is 14.7. The van der Waals surface area contributed by atoms with Crippen molar-refractivity contribution >= 4 is 29.9 Å². The molecule has 1 atom stereocenters. The monoisotopic (exact) mass is 534 g/mol. The van der Waals surface area contributed by atoms with Crippen LogP contribution in [0, 0.1) is 5.92 Å². The average molecular weight is 534 g/mol. The molecule has 2 N–H and O–H groups in total. The zero-order valence-corrected chi connectivity index (χ0v) is 21.4. The molecule has 1 aliphatic heterocycles. The van der Waals surface area contributed by atoms with Crippen LogP contribution in [0.5, 0.6) is 11.5 Å². The Morgan fingerprint density at radius 2 is 1.90 bits per heavy atom. The largest absolute Gasteiger partial charge is 0.497 e. The minimum absolute atomic E-state index is 0. The Balaban J connectivity index is 0.00000450. The first-order valence-corrected chi connectivity index (χ1v) is 10.6. The van der Waals surface area contributed by atoms with Crippen LogP contribution in [0.15, 0.2) is 23.2 Å². The van der Waals surface area contributed by atoms with Gasteiger partial charge in [-0.25, -0.2) is 0 Å². The van der Waals surface area contributed by atoms with Gasteiger partial charge in [-0.1, -0.05) is 13.8 Å². The van der Waals surface area contributed by atoms with Gasteiger partial charge in [0.05, 0.1) is 34.0 Å². The van der Waals surface area contributed by atoms with Crippen molar-refractivity contribution in [3.8, 4) is 11.5 Å². The van der Waals surface area contributed by atoms with Crippen LogP contribution in [0.3, 0.4) is 0 Å². The SMILES string of the molecule is CCNC(=NCC(C(C)C)N1CCOCC1)NCCc1cc(OC)ccc1OC.I. The zero-order valence-electron chi connectivity index (χ0n) is 19.1. The molecule has 0 aliphatic carbocycles. The molecular weight excluding hydrogens is 495 g/mol. The van der Waals surface area contributed by atoms with Crippen LogP contribution in [0.1, 0.15) is 26.3 Å². The van der Waals surface area contributed by atoms with Crippen LogP contribution in [-0.2, 0) is 11.2 Å². The van der Waals surface area contributed by atoms with Gasteiger partial charge < -0.3 is 24.8 Å². The van der Waals surface area contributed by atoms with E-state index in [4.69, 9.17) is 19.2 Å². The second-order valence-electron chi connectivity index (χ2n) is 7.53. The van der Waals surface area contributed by atoms with Crippen LogP contribution in [-0.4, -0.2) is 77.1 Å². The number of benzene rings is 1. The van der Waals surface area contributed by atoms with Gasteiger partial charge in [0.1, 0.15) is 11.5 Å². The molecule has 2 rings (SSSR count). The highest BCUT2D eigenvalue weighted by atomic mass is 127. The van der Waals surface area contributed by atoms with E-state index in [-0.39, 0.29) is 24.0 Å². The summed E-state index contributed by atoms with van der Waals surface area (Å²) in [5.41, 5.74) is 1.11. The molecule has 30 heavy (non-hydrogen) atoms. The van der Waals surface area contributed by atoms with E-state index in [0.717, 1.165) is 75.4 Å². The maximum atomic E-state index is 5.50. The summed E-state index contributed by atoms with van der Waals surface area (Å²) < 4.78 is 16.3. The molecule has 172 valence electrons. The molecule has 0 aromatic heterocycles. The lowest BCUT2D eigenvalue weighted by atomic mass is 10.0. The predicted octanol–water partition coefficient (Wildman–Crippen LogP) is 2.78. The summed E-state index contributed by atoms with van der Waals surface area (Å²) in [4.78, 5) is 7.38. The third-order valence-electron chi connectivity index (χ3n) is 5.24. The number of guanidine groups is 1. The Labute approximate surface area is 199 Å². The summed E-state index contributed by atoms with van der Waals surface area (Å²) in [6.45, 7) is 12.6. The summed E-state index contributed by atoms with van der Waals surface area (Å²) in [5, 5.41) is 6.81. The van der Waals surface area contributed by atoms with Gasteiger partial charge in [-0.15, -0.1) is 24.0 Å². The van der Waals surface area contributed by atoms with Crippen LogP contribution in [0.4, 0.5) is 0 Å². The first-order valence-electron chi connectivity index (χ1n) is 10.6. The summed E-state index contributed by atoms with van der Waals surface area (Å²) in [7, 11) is 3.38. The van der Waals surface area contributed by atoms with Crippen molar-refractivity contribution in [3.63, 3.8) is 0 Å². The second-order valence-corrected chi connectivity index (χ2v) is 7.53. The van der Waals surface area contributed by atoms with Gasteiger partial charge in [0.2, 0.25) is 0 Å². The van der Waals surface area contributed by atoms with Gasteiger partial charge in [0.25, 0.3) is 0 Å². The Morgan fingerprint density at radius 3 is 2.50 bits per heavy atom. The fourth-order valence-electron chi connectivity index (χ4n) is 3.58. The van der Waals surface area contributed by atoms with E-state index >= 15 is 0 Å². The van der Waals surface area contributed by atoms with Crippen molar-refractivity contribution in [2.75, 3.05) is 60.2 Å². The number of aliphatic imine (C=N–C) groups is 1. The molecule has 0 radical (unpaired) electrons. The van der Waals surface area contributed by atoms with Crippen LogP contribution in [0.2, 0.25) is 0 Å². The van der Waals surface area contributed by atoms with Gasteiger partial charge in [0.15, 0.2) is 5.96 Å². The Morgan fingerprint density at radius 1 is 1.17 bits per heavy atom. The minimum Gasteiger partial charge on any atom is -0.497 e. The Hall–Kier alpha value is -1.26. The molecule has 1 unspecified atom stereocenters. The van der Waals surface area contributed by atoms with Crippen molar-refractivity contribution in [2.45, 2.75) is 33.2 Å².